The zero-order valence-corrected chi connectivity index (χ0v) is 7.57. The third-order valence-corrected chi connectivity index (χ3v) is 1.61. The molecule has 64 valence electrons. The van der Waals surface area contributed by atoms with Crippen LogP contribution in [0.1, 0.15) is 0 Å². The first-order valence-corrected chi connectivity index (χ1v) is 4.27. The lowest BCUT2D eigenvalue weighted by molar-refractivity contribution is -0.108. The van der Waals surface area contributed by atoms with Gasteiger partial charge < -0.3 is 9.47 Å². The Balaban J connectivity index is 3.44. The monoisotopic (exact) mass is 176 g/mol. The Morgan fingerprint density at radius 1 is 1.64 bits per heavy atom. The van der Waals surface area contributed by atoms with E-state index in [-0.39, 0.29) is 18.5 Å². The van der Waals surface area contributed by atoms with Crippen LogP contribution in [-0.4, -0.2) is 31.9 Å². The topological polar surface area (TPSA) is 35.5 Å². The van der Waals surface area contributed by atoms with Crippen molar-refractivity contribution in [3.8, 4) is 0 Å². The summed E-state index contributed by atoms with van der Waals surface area (Å²) in [4.78, 5) is 10.8. The molecule has 0 aliphatic rings. The van der Waals surface area contributed by atoms with Crippen LogP contribution in [0.5, 0.6) is 0 Å². The Kier molecular flexibility index (Phi) is 6.21. The summed E-state index contributed by atoms with van der Waals surface area (Å²) < 4.78 is 9.54. The van der Waals surface area contributed by atoms with E-state index in [1.807, 2.05) is 0 Å². The average molecular weight is 176 g/mol. The van der Waals surface area contributed by atoms with Crippen LogP contribution in [0, 0.1) is 0 Å². The van der Waals surface area contributed by atoms with Crippen molar-refractivity contribution in [1.82, 2.24) is 0 Å². The fraction of sp³-hybridized carbons (Fsp3) is 0.571. The standard InChI is InChI=1S/C7H12O3S/c1-6(7(8)11-3)4-10-5-9-2/h1,4-5H2,2-3H3. The minimum atomic E-state index is -0.0406. The van der Waals surface area contributed by atoms with Crippen LogP contribution in [0.4, 0.5) is 0 Å². The smallest absolute Gasteiger partial charge is 0.216 e. The lowest BCUT2D eigenvalue weighted by atomic mass is 10.4. The molecule has 0 saturated carbocycles. The van der Waals surface area contributed by atoms with Crippen LogP contribution < -0.4 is 0 Å². The van der Waals surface area contributed by atoms with Gasteiger partial charge in [0, 0.05) is 12.7 Å². The maximum absolute atomic E-state index is 10.8. The summed E-state index contributed by atoms with van der Waals surface area (Å²) in [5.74, 6) is 0. The molecule has 4 heteroatoms. The highest BCUT2D eigenvalue weighted by atomic mass is 32.2. The first-order chi connectivity index (χ1) is 5.22. The molecule has 0 saturated heterocycles. The number of thioether (sulfide) groups is 1. The molecule has 0 aliphatic carbocycles. The molecule has 0 heterocycles. The van der Waals surface area contributed by atoms with Crippen molar-refractivity contribution in [2.24, 2.45) is 0 Å². The molecule has 0 unspecified atom stereocenters. The van der Waals surface area contributed by atoms with Crippen molar-refractivity contribution in [2.75, 3.05) is 26.8 Å². The summed E-state index contributed by atoms with van der Waals surface area (Å²) >= 11 is 1.13. The highest BCUT2D eigenvalue weighted by molar-refractivity contribution is 8.13. The van der Waals surface area contributed by atoms with Crippen molar-refractivity contribution in [2.45, 2.75) is 0 Å². The first-order valence-electron chi connectivity index (χ1n) is 3.05. The fourth-order valence-corrected chi connectivity index (χ4v) is 0.799. The number of hydrogen-bond donors (Lipinski definition) is 0. The Morgan fingerprint density at radius 2 is 2.27 bits per heavy atom. The van der Waals surface area contributed by atoms with E-state index in [1.165, 1.54) is 7.11 Å². The third kappa shape index (κ3) is 5.01. The second kappa shape index (κ2) is 6.39. The van der Waals surface area contributed by atoms with Crippen LogP contribution in [0.2, 0.25) is 0 Å². The van der Waals surface area contributed by atoms with Crippen molar-refractivity contribution >= 4 is 16.9 Å². The predicted molar refractivity (Wildman–Crippen MR) is 45.5 cm³/mol. The van der Waals surface area contributed by atoms with Gasteiger partial charge in [-0.3, -0.25) is 4.79 Å². The van der Waals surface area contributed by atoms with Gasteiger partial charge in [0.15, 0.2) is 0 Å². The largest absolute Gasteiger partial charge is 0.359 e. The van der Waals surface area contributed by atoms with E-state index in [4.69, 9.17) is 4.74 Å². The van der Waals surface area contributed by atoms with Gasteiger partial charge in [0.05, 0.1) is 6.61 Å². The molecule has 0 amide bonds. The Bertz CT molecular complexity index is 145. The third-order valence-electron chi connectivity index (χ3n) is 0.952. The second-order valence-electron chi connectivity index (χ2n) is 1.85. The molecular weight excluding hydrogens is 164 g/mol. The summed E-state index contributed by atoms with van der Waals surface area (Å²) in [6, 6.07) is 0. The zero-order chi connectivity index (χ0) is 8.69. The van der Waals surface area contributed by atoms with Gasteiger partial charge in [0.1, 0.15) is 6.79 Å². The number of ether oxygens (including phenoxy) is 2. The lowest BCUT2D eigenvalue weighted by Gasteiger charge is -2.02. The molecule has 0 rings (SSSR count). The summed E-state index contributed by atoms with van der Waals surface area (Å²) in [5, 5.41) is -0.0406. The molecule has 0 N–H and O–H groups in total. The highest BCUT2D eigenvalue weighted by Gasteiger charge is 2.03. The molecule has 0 aliphatic heterocycles. The molecule has 0 aromatic rings. The minimum Gasteiger partial charge on any atom is -0.359 e. The van der Waals surface area contributed by atoms with Crippen LogP contribution in [0.3, 0.4) is 0 Å². The SMILES string of the molecule is C=C(COCOC)C(=O)SC. The molecule has 0 fully saturated rings. The number of hydrogen-bond acceptors (Lipinski definition) is 4. The maximum Gasteiger partial charge on any atom is 0.216 e. The number of methoxy groups -OCH3 is 1. The Labute approximate surface area is 70.8 Å². The Morgan fingerprint density at radius 3 is 2.73 bits per heavy atom. The van der Waals surface area contributed by atoms with E-state index in [1.54, 1.807) is 6.26 Å². The average Bonchev–Trinajstić information content (AvgIpc) is 2.03. The van der Waals surface area contributed by atoms with E-state index < -0.39 is 0 Å². The van der Waals surface area contributed by atoms with Crippen molar-refractivity contribution < 1.29 is 14.3 Å². The predicted octanol–water partition coefficient (Wildman–Crippen LogP) is 1.05. The van der Waals surface area contributed by atoms with Crippen molar-refractivity contribution in [1.29, 1.82) is 0 Å². The van der Waals surface area contributed by atoms with Crippen molar-refractivity contribution in [3.05, 3.63) is 12.2 Å². The van der Waals surface area contributed by atoms with Crippen LogP contribution in [0.25, 0.3) is 0 Å². The lowest BCUT2D eigenvalue weighted by Crippen LogP contribution is -2.06. The molecule has 3 nitrogen and oxygen atoms in total. The number of carbonyl (C=O) groups is 1. The molecule has 0 radical (unpaired) electrons. The quantitative estimate of drug-likeness (QED) is 0.356. The van der Waals surface area contributed by atoms with Gasteiger partial charge in [-0.15, -0.1) is 0 Å². The number of rotatable bonds is 5. The molecule has 0 aromatic carbocycles. The normalized spacial score (nSPS) is 9.64. The Hall–Kier alpha value is -0.320. The van der Waals surface area contributed by atoms with E-state index >= 15 is 0 Å². The second-order valence-corrected chi connectivity index (χ2v) is 2.63. The van der Waals surface area contributed by atoms with Crippen LogP contribution >= 0.6 is 11.8 Å². The highest BCUT2D eigenvalue weighted by Crippen LogP contribution is 2.04. The summed E-state index contributed by atoms with van der Waals surface area (Å²) in [6.07, 6.45) is 1.71. The van der Waals surface area contributed by atoms with Gasteiger partial charge in [-0.2, -0.15) is 0 Å². The maximum atomic E-state index is 10.8. The van der Waals surface area contributed by atoms with Gasteiger partial charge in [-0.05, 0) is 6.26 Å². The summed E-state index contributed by atoms with van der Waals surface area (Å²) in [6.45, 7) is 3.99. The van der Waals surface area contributed by atoms with Crippen molar-refractivity contribution in [3.63, 3.8) is 0 Å². The summed E-state index contributed by atoms with van der Waals surface area (Å²) in [5.41, 5.74) is 0.467. The fourth-order valence-electron chi connectivity index (χ4n) is 0.451. The molecule has 0 aromatic heterocycles. The molecule has 0 bridgehead atoms. The van der Waals surface area contributed by atoms with Gasteiger partial charge in [0.2, 0.25) is 5.12 Å². The summed E-state index contributed by atoms with van der Waals surface area (Å²) in [7, 11) is 1.53. The molecule has 0 atom stereocenters. The zero-order valence-electron chi connectivity index (χ0n) is 6.75. The van der Waals surface area contributed by atoms with Gasteiger partial charge in [-0.1, -0.05) is 18.3 Å². The van der Waals surface area contributed by atoms with Gasteiger partial charge in [0.25, 0.3) is 0 Å². The van der Waals surface area contributed by atoms with E-state index in [0.717, 1.165) is 11.8 Å². The number of carbonyl (C=O) groups excluding carboxylic acids is 1. The van der Waals surface area contributed by atoms with Crippen LogP contribution in [-0.2, 0) is 14.3 Å². The molecule has 0 spiro atoms. The van der Waals surface area contributed by atoms with Gasteiger partial charge >= 0.3 is 0 Å². The molecular formula is C7H12O3S. The van der Waals surface area contributed by atoms with Crippen LogP contribution in [0.15, 0.2) is 12.2 Å². The van der Waals surface area contributed by atoms with E-state index in [9.17, 15) is 4.79 Å². The van der Waals surface area contributed by atoms with E-state index in [0.29, 0.717) is 5.57 Å². The van der Waals surface area contributed by atoms with Gasteiger partial charge in [-0.25, -0.2) is 0 Å². The minimum absolute atomic E-state index is 0.0406. The van der Waals surface area contributed by atoms with E-state index in [2.05, 4.69) is 11.3 Å². The molecule has 11 heavy (non-hydrogen) atoms. The first kappa shape index (κ1) is 10.7.